The zero-order valence-corrected chi connectivity index (χ0v) is 14.2. The lowest BCUT2D eigenvalue weighted by Crippen LogP contribution is -2.30. The number of carbonyl (C=O) groups excluding carboxylic acids is 1. The van der Waals surface area contributed by atoms with Gasteiger partial charge in [-0.3, -0.25) is 14.4 Å². The first-order valence-corrected chi connectivity index (χ1v) is 8.83. The van der Waals surface area contributed by atoms with Gasteiger partial charge in [-0.2, -0.15) is 0 Å². The number of carbonyl (C=O) groups is 1. The lowest BCUT2D eigenvalue weighted by molar-refractivity contribution is 0.0936. The van der Waals surface area contributed by atoms with Crippen LogP contribution in [0.4, 0.5) is 0 Å². The van der Waals surface area contributed by atoms with Crippen molar-refractivity contribution in [3.63, 3.8) is 0 Å². The molecule has 4 heteroatoms. The molecule has 1 fully saturated rings. The number of hydrogen-bond donors (Lipinski definition) is 0. The standard InChI is InChI=1S/C17H26N2OS/c1-17(2,3)21-13-16(20)19-12-8-7-11-15(19)18-14-9-5-4-6-10-14/h7-8,11-12,14H,4-6,9-10,13H2,1-3H3. The van der Waals surface area contributed by atoms with Crippen molar-refractivity contribution in [1.29, 1.82) is 0 Å². The van der Waals surface area contributed by atoms with Crippen molar-refractivity contribution in [2.75, 3.05) is 5.75 Å². The fourth-order valence-corrected chi connectivity index (χ4v) is 3.19. The molecule has 0 spiro atoms. The molecule has 0 saturated heterocycles. The van der Waals surface area contributed by atoms with Crippen LogP contribution in [0.15, 0.2) is 29.4 Å². The van der Waals surface area contributed by atoms with Crippen LogP contribution < -0.4 is 5.49 Å². The second-order valence-electron chi connectivity index (χ2n) is 6.64. The van der Waals surface area contributed by atoms with Gasteiger partial charge in [0.1, 0.15) is 5.49 Å². The summed E-state index contributed by atoms with van der Waals surface area (Å²) in [5.74, 6) is 0.607. The van der Waals surface area contributed by atoms with Gasteiger partial charge >= 0.3 is 0 Å². The van der Waals surface area contributed by atoms with E-state index >= 15 is 0 Å². The van der Waals surface area contributed by atoms with Crippen LogP contribution in [0.3, 0.4) is 0 Å². The average Bonchev–Trinajstić information content (AvgIpc) is 2.46. The highest BCUT2D eigenvalue weighted by molar-refractivity contribution is 8.01. The first kappa shape index (κ1) is 16.3. The van der Waals surface area contributed by atoms with Crippen molar-refractivity contribution in [3.8, 4) is 0 Å². The highest BCUT2D eigenvalue weighted by Gasteiger charge is 2.15. The van der Waals surface area contributed by atoms with E-state index in [1.54, 1.807) is 16.3 Å². The van der Waals surface area contributed by atoms with Crippen LogP contribution in [0.1, 0.15) is 57.7 Å². The maximum atomic E-state index is 12.4. The molecule has 1 saturated carbocycles. The summed E-state index contributed by atoms with van der Waals surface area (Å²) < 4.78 is 1.82. The minimum Gasteiger partial charge on any atom is -0.273 e. The molecule has 3 nitrogen and oxygen atoms in total. The van der Waals surface area contributed by atoms with Crippen molar-refractivity contribution in [2.45, 2.75) is 63.7 Å². The Morgan fingerprint density at radius 2 is 2.00 bits per heavy atom. The molecule has 0 aliphatic heterocycles. The Hall–Kier alpha value is -1.03. The maximum absolute atomic E-state index is 12.4. The van der Waals surface area contributed by atoms with Crippen LogP contribution in [-0.2, 0) is 0 Å². The minimum absolute atomic E-state index is 0.103. The third-order valence-corrected chi connectivity index (χ3v) is 4.88. The lowest BCUT2D eigenvalue weighted by atomic mass is 9.96. The predicted molar refractivity (Wildman–Crippen MR) is 89.7 cm³/mol. The van der Waals surface area contributed by atoms with Crippen LogP contribution in [0, 0.1) is 0 Å². The third kappa shape index (κ3) is 5.34. The van der Waals surface area contributed by atoms with Gasteiger partial charge in [0.15, 0.2) is 0 Å². The molecule has 1 aromatic heterocycles. The van der Waals surface area contributed by atoms with Gasteiger partial charge in [0.25, 0.3) is 0 Å². The fraction of sp³-hybridized carbons (Fsp3) is 0.647. The summed E-state index contributed by atoms with van der Waals surface area (Å²) in [6, 6.07) is 6.20. The molecule has 0 unspecified atom stereocenters. The summed E-state index contributed by atoms with van der Waals surface area (Å²) in [6.07, 6.45) is 7.98. The molecule has 0 atom stereocenters. The molecule has 1 heterocycles. The molecule has 1 aliphatic rings. The molecule has 1 aliphatic carbocycles. The van der Waals surface area contributed by atoms with E-state index in [9.17, 15) is 4.79 Å². The van der Waals surface area contributed by atoms with Crippen molar-refractivity contribution in [1.82, 2.24) is 4.57 Å². The van der Waals surface area contributed by atoms with Gasteiger partial charge in [-0.05, 0) is 25.0 Å². The number of hydrogen-bond acceptors (Lipinski definition) is 3. The highest BCUT2D eigenvalue weighted by atomic mass is 32.2. The van der Waals surface area contributed by atoms with E-state index in [0.29, 0.717) is 11.8 Å². The zero-order valence-electron chi connectivity index (χ0n) is 13.3. The molecule has 0 amide bonds. The van der Waals surface area contributed by atoms with E-state index < -0.39 is 0 Å². The third-order valence-electron chi connectivity index (χ3n) is 3.63. The molecular weight excluding hydrogens is 280 g/mol. The topological polar surface area (TPSA) is 34.4 Å². The van der Waals surface area contributed by atoms with Gasteiger partial charge in [0.2, 0.25) is 5.91 Å². The normalized spacial score (nSPS) is 18.0. The van der Waals surface area contributed by atoms with Gasteiger partial charge < -0.3 is 0 Å². The first-order chi connectivity index (χ1) is 9.96. The Labute approximate surface area is 131 Å². The number of thioether (sulfide) groups is 1. The van der Waals surface area contributed by atoms with Crippen LogP contribution in [0.2, 0.25) is 0 Å². The summed E-state index contributed by atoms with van der Waals surface area (Å²) in [4.78, 5) is 17.3. The van der Waals surface area contributed by atoms with Crippen molar-refractivity contribution in [2.24, 2.45) is 4.99 Å². The Bertz CT molecular complexity index is 536. The summed E-state index contributed by atoms with van der Waals surface area (Å²) >= 11 is 1.68. The van der Waals surface area contributed by atoms with E-state index in [1.807, 2.05) is 24.4 Å². The molecule has 1 aromatic rings. The van der Waals surface area contributed by atoms with Crippen LogP contribution in [0.25, 0.3) is 0 Å². The average molecular weight is 306 g/mol. The number of pyridine rings is 1. The smallest absolute Gasteiger partial charge is 0.242 e. The minimum atomic E-state index is 0.103. The van der Waals surface area contributed by atoms with Crippen molar-refractivity contribution < 1.29 is 4.79 Å². The molecule has 0 aromatic carbocycles. The molecule has 21 heavy (non-hydrogen) atoms. The predicted octanol–water partition coefficient (Wildman–Crippen LogP) is 3.89. The van der Waals surface area contributed by atoms with E-state index in [1.165, 1.54) is 19.3 Å². The molecular formula is C17H26N2OS. The SMILES string of the molecule is CC(C)(C)SCC(=O)n1ccccc1=NC1CCCCC1. The van der Waals surface area contributed by atoms with Gasteiger partial charge in [-0.25, -0.2) is 0 Å². The number of aromatic nitrogens is 1. The van der Waals surface area contributed by atoms with Gasteiger partial charge in [-0.1, -0.05) is 46.1 Å². The van der Waals surface area contributed by atoms with Crippen LogP contribution >= 0.6 is 11.8 Å². The molecule has 0 bridgehead atoms. The Balaban J connectivity index is 2.16. The van der Waals surface area contributed by atoms with Crippen LogP contribution in [0.5, 0.6) is 0 Å². The van der Waals surface area contributed by atoms with E-state index in [4.69, 9.17) is 4.99 Å². The largest absolute Gasteiger partial charge is 0.273 e. The van der Waals surface area contributed by atoms with Gasteiger partial charge in [0, 0.05) is 10.9 Å². The van der Waals surface area contributed by atoms with Crippen LogP contribution in [-0.4, -0.2) is 27.0 Å². The number of rotatable bonds is 3. The fourth-order valence-electron chi connectivity index (χ4n) is 2.50. The summed E-state index contributed by atoms with van der Waals surface area (Å²) in [5, 5.41) is 0. The Morgan fingerprint density at radius 1 is 1.29 bits per heavy atom. The maximum Gasteiger partial charge on any atom is 0.242 e. The van der Waals surface area contributed by atoms with Gasteiger partial charge in [-0.15, -0.1) is 11.8 Å². The molecule has 116 valence electrons. The van der Waals surface area contributed by atoms with E-state index in [2.05, 4.69) is 20.8 Å². The second kappa shape index (κ2) is 7.30. The number of nitrogens with zero attached hydrogens (tertiary/aromatic N) is 2. The Morgan fingerprint density at radius 3 is 2.67 bits per heavy atom. The summed E-state index contributed by atoms with van der Waals surface area (Å²) in [6.45, 7) is 6.40. The summed E-state index contributed by atoms with van der Waals surface area (Å²) in [7, 11) is 0. The molecule has 0 N–H and O–H groups in total. The quantitative estimate of drug-likeness (QED) is 0.849. The second-order valence-corrected chi connectivity index (χ2v) is 8.45. The van der Waals surface area contributed by atoms with E-state index in [-0.39, 0.29) is 10.7 Å². The zero-order chi connectivity index (χ0) is 15.3. The molecule has 0 radical (unpaired) electrons. The van der Waals surface area contributed by atoms with Crippen molar-refractivity contribution in [3.05, 3.63) is 29.9 Å². The monoisotopic (exact) mass is 306 g/mol. The summed E-state index contributed by atoms with van der Waals surface area (Å²) in [5.41, 5.74) is 0.809. The lowest BCUT2D eigenvalue weighted by Gasteiger charge is -2.19. The first-order valence-electron chi connectivity index (χ1n) is 7.84. The molecule has 2 rings (SSSR count). The highest BCUT2D eigenvalue weighted by Crippen LogP contribution is 2.23. The van der Waals surface area contributed by atoms with Gasteiger partial charge in [0.05, 0.1) is 11.8 Å². The Kier molecular flexibility index (Phi) is 5.68. The van der Waals surface area contributed by atoms with Crippen molar-refractivity contribution >= 4 is 17.7 Å². The van der Waals surface area contributed by atoms with E-state index in [0.717, 1.165) is 18.3 Å².